The summed E-state index contributed by atoms with van der Waals surface area (Å²) >= 11 is 0. The maximum absolute atomic E-state index is 12.8. The molecule has 0 radical (unpaired) electrons. The van der Waals surface area contributed by atoms with Crippen molar-refractivity contribution in [1.29, 1.82) is 5.26 Å². The third kappa shape index (κ3) is 5.68. The maximum atomic E-state index is 12.8. The number of rotatable bonds is 9. The molecule has 1 aliphatic rings. The fourth-order valence-electron chi connectivity index (χ4n) is 3.70. The Hall–Kier alpha value is -4.14. The number of carbonyl (C=O) groups excluding carboxylic acids is 1. The van der Waals surface area contributed by atoms with Gasteiger partial charge in [0.15, 0.2) is 5.82 Å². The summed E-state index contributed by atoms with van der Waals surface area (Å²) in [5.41, 5.74) is 1.81. The zero-order valence-electron chi connectivity index (χ0n) is 19.1. The van der Waals surface area contributed by atoms with Crippen LogP contribution in [0.4, 0.5) is 14.6 Å². The van der Waals surface area contributed by atoms with Gasteiger partial charge in [0.25, 0.3) is 6.43 Å². The van der Waals surface area contributed by atoms with Crippen molar-refractivity contribution >= 4 is 11.7 Å². The summed E-state index contributed by atoms with van der Waals surface area (Å²) in [5.74, 6) is 0.855. The molecule has 3 aromatic rings. The van der Waals surface area contributed by atoms with Gasteiger partial charge in [-0.25, -0.2) is 13.5 Å². The first-order chi connectivity index (χ1) is 17.0. The lowest BCUT2D eigenvalue weighted by Gasteiger charge is -2.34. The number of nitrogens with zero attached hydrogens (tertiary/aromatic N) is 8. The van der Waals surface area contributed by atoms with E-state index >= 15 is 0 Å². The van der Waals surface area contributed by atoms with Crippen LogP contribution in [0.1, 0.15) is 36.2 Å². The number of piperazine rings is 1. The van der Waals surface area contributed by atoms with Crippen molar-refractivity contribution in [1.82, 2.24) is 30.1 Å². The second-order valence-electron chi connectivity index (χ2n) is 8.01. The van der Waals surface area contributed by atoms with Gasteiger partial charge >= 0.3 is 0 Å². The van der Waals surface area contributed by atoms with Crippen molar-refractivity contribution in [3.05, 3.63) is 53.3 Å². The average molecular weight is 482 g/mol. The van der Waals surface area contributed by atoms with Crippen LogP contribution in [0.15, 0.2) is 36.4 Å². The van der Waals surface area contributed by atoms with E-state index in [2.05, 4.69) is 26.6 Å². The summed E-state index contributed by atoms with van der Waals surface area (Å²) in [5, 5.41) is 25.1. The van der Waals surface area contributed by atoms with Crippen molar-refractivity contribution in [3.8, 4) is 17.6 Å². The van der Waals surface area contributed by atoms with Gasteiger partial charge in [-0.2, -0.15) is 5.26 Å². The summed E-state index contributed by atoms with van der Waals surface area (Å²) in [4.78, 5) is 16.0. The minimum absolute atomic E-state index is 0.00543. The van der Waals surface area contributed by atoms with E-state index in [1.807, 2.05) is 4.90 Å². The monoisotopic (exact) mass is 482 g/mol. The van der Waals surface area contributed by atoms with E-state index in [0.29, 0.717) is 55.4 Å². The fraction of sp³-hybridized carbons (Fsp3) is 0.391. The molecule has 1 saturated heterocycles. The van der Waals surface area contributed by atoms with Crippen molar-refractivity contribution < 1.29 is 18.3 Å². The standard InChI is InChI=1S/C23H24F2N8O2/c1-16-19(33(30-27-16)18-6-4-17(5-7-18)23(24)25)15-35-21-9-8-20(28-29-21)32-13-12-31(22(34)14-32)11-3-2-10-26/h4-9,23H,2-3,11-15H2,1H3. The molecule has 12 heteroatoms. The Bertz CT molecular complexity index is 1190. The molecule has 1 aliphatic heterocycles. The van der Waals surface area contributed by atoms with Crippen molar-refractivity contribution in [2.24, 2.45) is 0 Å². The van der Waals surface area contributed by atoms with E-state index in [4.69, 9.17) is 10.00 Å². The predicted molar refractivity (Wildman–Crippen MR) is 121 cm³/mol. The van der Waals surface area contributed by atoms with Gasteiger partial charge in [0.05, 0.1) is 24.0 Å². The number of nitriles is 1. The number of alkyl halides is 2. The Kier molecular flexibility index (Phi) is 7.45. The van der Waals surface area contributed by atoms with E-state index in [-0.39, 0.29) is 30.5 Å². The van der Waals surface area contributed by atoms with Crippen molar-refractivity contribution in [2.45, 2.75) is 32.8 Å². The van der Waals surface area contributed by atoms with Crippen LogP contribution in [0.5, 0.6) is 5.88 Å². The highest BCUT2D eigenvalue weighted by molar-refractivity contribution is 5.82. The molecule has 0 spiro atoms. The Labute approximate surface area is 200 Å². The molecule has 0 bridgehead atoms. The number of aromatic nitrogens is 5. The highest BCUT2D eigenvalue weighted by Gasteiger charge is 2.24. The Morgan fingerprint density at radius 2 is 1.91 bits per heavy atom. The molecular formula is C23H24F2N8O2. The van der Waals surface area contributed by atoms with Gasteiger partial charge in [0, 0.05) is 37.7 Å². The van der Waals surface area contributed by atoms with Crippen LogP contribution in [0.2, 0.25) is 0 Å². The largest absolute Gasteiger partial charge is 0.470 e. The molecule has 0 unspecified atom stereocenters. The predicted octanol–water partition coefficient (Wildman–Crippen LogP) is 2.83. The number of carbonyl (C=O) groups is 1. The molecular weight excluding hydrogens is 458 g/mol. The van der Waals surface area contributed by atoms with Gasteiger partial charge in [-0.05, 0) is 31.5 Å². The molecule has 2 aromatic heterocycles. The van der Waals surface area contributed by atoms with Gasteiger partial charge in [0.1, 0.15) is 12.3 Å². The molecule has 182 valence electrons. The molecule has 0 atom stereocenters. The smallest absolute Gasteiger partial charge is 0.263 e. The molecule has 10 nitrogen and oxygen atoms in total. The molecule has 0 N–H and O–H groups in total. The lowest BCUT2D eigenvalue weighted by molar-refractivity contribution is -0.131. The van der Waals surface area contributed by atoms with Gasteiger partial charge in [-0.15, -0.1) is 15.3 Å². The second kappa shape index (κ2) is 10.9. The molecule has 1 aromatic carbocycles. The summed E-state index contributed by atoms with van der Waals surface area (Å²) in [6.07, 6.45) is -1.44. The van der Waals surface area contributed by atoms with Crippen LogP contribution in [-0.4, -0.2) is 62.2 Å². The zero-order valence-corrected chi connectivity index (χ0v) is 19.1. The number of amides is 1. The SMILES string of the molecule is Cc1nnn(-c2ccc(C(F)F)cc2)c1COc1ccc(N2CCN(CCCC#N)C(=O)C2)nn1. The maximum Gasteiger partial charge on any atom is 0.263 e. The molecule has 0 aliphatic carbocycles. The Balaban J connectivity index is 1.36. The Morgan fingerprint density at radius 3 is 2.57 bits per heavy atom. The highest BCUT2D eigenvalue weighted by atomic mass is 19.3. The number of anilines is 1. The van der Waals surface area contributed by atoms with E-state index in [1.165, 1.54) is 16.8 Å². The molecule has 35 heavy (non-hydrogen) atoms. The topological polar surface area (TPSA) is 113 Å². The normalized spacial score (nSPS) is 13.9. The first-order valence-corrected chi connectivity index (χ1v) is 11.1. The zero-order chi connectivity index (χ0) is 24.8. The lowest BCUT2D eigenvalue weighted by Crippen LogP contribution is -2.50. The first kappa shape index (κ1) is 24.0. The highest BCUT2D eigenvalue weighted by Crippen LogP contribution is 2.22. The summed E-state index contributed by atoms with van der Waals surface area (Å²) in [7, 11) is 0. The summed E-state index contributed by atoms with van der Waals surface area (Å²) in [6, 6.07) is 11.3. The number of unbranched alkanes of at least 4 members (excludes halogenated alkanes) is 1. The van der Waals surface area contributed by atoms with Crippen molar-refractivity contribution in [2.75, 3.05) is 31.1 Å². The summed E-state index contributed by atoms with van der Waals surface area (Å²) < 4.78 is 33.0. The van der Waals surface area contributed by atoms with E-state index in [9.17, 15) is 13.6 Å². The van der Waals surface area contributed by atoms with Crippen molar-refractivity contribution in [3.63, 3.8) is 0 Å². The average Bonchev–Trinajstić information content (AvgIpc) is 3.24. The number of aryl methyl sites for hydroxylation is 1. The fourth-order valence-corrected chi connectivity index (χ4v) is 3.70. The lowest BCUT2D eigenvalue weighted by atomic mass is 10.2. The van der Waals surface area contributed by atoms with Gasteiger partial charge < -0.3 is 14.5 Å². The number of halogens is 2. The van der Waals surface area contributed by atoms with E-state index in [1.54, 1.807) is 36.1 Å². The molecule has 1 amide bonds. The molecule has 3 heterocycles. The number of hydrogen-bond donors (Lipinski definition) is 0. The summed E-state index contributed by atoms with van der Waals surface area (Å²) in [6.45, 7) is 3.86. The molecule has 0 saturated carbocycles. The van der Waals surface area contributed by atoms with Gasteiger partial charge in [0.2, 0.25) is 11.8 Å². The number of hydrogen-bond acceptors (Lipinski definition) is 8. The number of ether oxygens (including phenoxy) is 1. The van der Waals surface area contributed by atoms with E-state index < -0.39 is 6.43 Å². The number of benzene rings is 1. The van der Waals surface area contributed by atoms with Gasteiger partial charge in [-0.1, -0.05) is 17.3 Å². The van der Waals surface area contributed by atoms with Crippen LogP contribution in [0.3, 0.4) is 0 Å². The van der Waals surface area contributed by atoms with Crippen LogP contribution in [0.25, 0.3) is 5.69 Å². The van der Waals surface area contributed by atoms with Crippen LogP contribution >= 0.6 is 0 Å². The van der Waals surface area contributed by atoms with E-state index in [0.717, 1.165) is 0 Å². The third-order valence-corrected chi connectivity index (χ3v) is 5.69. The molecule has 4 rings (SSSR count). The van der Waals surface area contributed by atoms with Crippen LogP contribution < -0.4 is 9.64 Å². The first-order valence-electron chi connectivity index (χ1n) is 11.1. The quantitative estimate of drug-likeness (QED) is 0.428. The third-order valence-electron chi connectivity index (χ3n) is 5.69. The minimum Gasteiger partial charge on any atom is -0.470 e. The Morgan fingerprint density at radius 1 is 1.11 bits per heavy atom. The minimum atomic E-state index is -2.54. The second-order valence-corrected chi connectivity index (χ2v) is 8.01. The van der Waals surface area contributed by atoms with Crippen LogP contribution in [0, 0.1) is 18.3 Å². The molecule has 1 fully saturated rings. The van der Waals surface area contributed by atoms with Gasteiger partial charge in [-0.3, -0.25) is 4.79 Å². The van der Waals surface area contributed by atoms with Crippen LogP contribution in [-0.2, 0) is 11.4 Å².